The minimum absolute atomic E-state index is 0.805. The van der Waals surface area contributed by atoms with Gasteiger partial charge < -0.3 is 8.85 Å². The van der Waals surface area contributed by atoms with E-state index in [-0.39, 0.29) is 0 Å². The van der Waals surface area contributed by atoms with Crippen LogP contribution in [0.3, 0.4) is 0 Å². The monoisotopic (exact) mass is 232 g/mol. The lowest BCUT2D eigenvalue weighted by Crippen LogP contribution is -2.42. The molecular formula is C12H28O2Si. The summed E-state index contributed by atoms with van der Waals surface area (Å²) in [5.74, 6) is 0. The number of unbranched alkanes of at least 4 members (excludes halogenated alkanes) is 1. The first-order valence-electron chi connectivity index (χ1n) is 6.52. The molecule has 15 heavy (non-hydrogen) atoms. The molecule has 0 rings (SSSR count). The largest absolute Gasteiger partial charge is 0.394 e. The molecule has 0 aliphatic carbocycles. The van der Waals surface area contributed by atoms with Gasteiger partial charge in [-0.05, 0) is 25.4 Å². The van der Waals surface area contributed by atoms with E-state index in [4.69, 9.17) is 8.85 Å². The van der Waals surface area contributed by atoms with Crippen molar-refractivity contribution < 1.29 is 8.85 Å². The van der Waals surface area contributed by atoms with Crippen LogP contribution in [-0.4, -0.2) is 21.8 Å². The SMILES string of the molecule is CCCC[Si](CCC)(OCC)OCCC. The van der Waals surface area contributed by atoms with Crippen molar-refractivity contribution in [1.29, 1.82) is 0 Å². The normalized spacial score (nSPS) is 15.2. The molecule has 92 valence electrons. The van der Waals surface area contributed by atoms with Gasteiger partial charge in [0, 0.05) is 13.2 Å². The van der Waals surface area contributed by atoms with Gasteiger partial charge in [0.15, 0.2) is 0 Å². The molecule has 2 nitrogen and oxygen atoms in total. The van der Waals surface area contributed by atoms with Crippen LogP contribution in [0.4, 0.5) is 0 Å². The lowest BCUT2D eigenvalue weighted by molar-refractivity contribution is 0.173. The minimum atomic E-state index is -1.84. The van der Waals surface area contributed by atoms with Gasteiger partial charge in [0.25, 0.3) is 0 Å². The van der Waals surface area contributed by atoms with Crippen molar-refractivity contribution in [3.63, 3.8) is 0 Å². The predicted molar refractivity (Wildman–Crippen MR) is 68.4 cm³/mol. The maximum Gasteiger partial charge on any atom is 0.338 e. The molecule has 0 aliphatic heterocycles. The molecule has 0 fully saturated rings. The fourth-order valence-electron chi connectivity index (χ4n) is 1.83. The molecule has 0 heterocycles. The first kappa shape index (κ1) is 15.1. The molecule has 0 aromatic rings. The van der Waals surface area contributed by atoms with E-state index in [1.54, 1.807) is 0 Å². The van der Waals surface area contributed by atoms with Crippen molar-refractivity contribution in [3.8, 4) is 0 Å². The summed E-state index contributed by atoms with van der Waals surface area (Å²) in [6.45, 7) is 10.4. The molecule has 0 aromatic heterocycles. The van der Waals surface area contributed by atoms with Crippen molar-refractivity contribution in [2.75, 3.05) is 13.2 Å². The molecule has 1 unspecified atom stereocenters. The van der Waals surface area contributed by atoms with Gasteiger partial charge in [0.2, 0.25) is 0 Å². The van der Waals surface area contributed by atoms with Crippen LogP contribution in [0.15, 0.2) is 0 Å². The Morgan fingerprint density at radius 1 is 0.800 bits per heavy atom. The molecule has 1 atom stereocenters. The second kappa shape index (κ2) is 9.37. The summed E-state index contributed by atoms with van der Waals surface area (Å²) in [4.78, 5) is 0. The third-order valence-electron chi connectivity index (χ3n) is 2.52. The van der Waals surface area contributed by atoms with Crippen LogP contribution in [0, 0.1) is 0 Å². The predicted octanol–water partition coefficient (Wildman–Crippen LogP) is 4.10. The van der Waals surface area contributed by atoms with E-state index < -0.39 is 8.56 Å². The standard InChI is InChI=1S/C12H28O2Si/c1-5-9-12-15(11-7-3,13-8-4)14-10-6-2/h5-12H2,1-4H3. The Kier molecular flexibility index (Phi) is 9.45. The number of hydrogen-bond donors (Lipinski definition) is 0. The van der Waals surface area contributed by atoms with Crippen LogP contribution >= 0.6 is 0 Å². The van der Waals surface area contributed by atoms with E-state index in [2.05, 4.69) is 27.7 Å². The molecular weight excluding hydrogens is 204 g/mol. The molecule has 0 saturated heterocycles. The summed E-state index contributed by atoms with van der Waals surface area (Å²) >= 11 is 0. The van der Waals surface area contributed by atoms with E-state index in [0.29, 0.717) is 0 Å². The van der Waals surface area contributed by atoms with Crippen molar-refractivity contribution in [2.24, 2.45) is 0 Å². The molecule has 3 heteroatoms. The van der Waals surface area contributed by atoms with Crippen LogP contribution in [0.25, 0.3) is 0 Å². The lowest BCUT2D eigenvalue weighted by Gasteiger charge is -2.30. The smallest absolute Gasteiger partial charge is 0.338 e. The van der Waals surface area contributed by atoms with E-state index in [1.807, 2.05) is 0 Å². The summed E-state index contributed by atoms with van der Waals surface area (Å²) in [6, 6.07) is 2.33. The van der Waals surface area contributed by atoms with Crippen molar-refractivity contribution in [3.05, 3.63) is 0 Å². The maximum absolute atomic E-state index is 6.08. The summed E-state index contributed by atoms with van der Waals surface area (Å²) in [6.07, 6.45) is 4.76. The summed E-state index contributed by atoms with van der Waals surface area (Å²) in [5, 5.41) is 0. The molecule has 0 radical (unpaired) electrons. The Labute approximate surface area is 96.6 Å². The zero-order valence-electron chi connectivity index (χ0n) is 11.0. The fraction of sp³-hybridized carbons (Fsp3) is 1.00. The van der Waals surface area contributed by atoms with Gasteiger partial charge in [0.05, 0.1) is 0 Å². The highest BCUT2D eigenvalue weighted by atomic mass is 28.4. The molecule has 0 bridgehead atoms. The van der Waals surface area contributed by atoms with Gasteiger partial charge in [-0.15, -0.1) is 0 Å². The number of hydrogen-bond acceptors (Lipinski definition) is 2. The summed E-state index contributed by atoms with van der Waals surface area (Å²) in [5.41, 5.74) is 0. The lowest BCUT2D eigenvalue weighted by atomic mass is 10.4. The highest BCUT2D eigenvalue weighted by Gasteiger charge is 2.35. The average molecular weight is 232 g/mol. The third-order valence-corrected chi connectivity index (χ3v) is 6.44. The van der Waals surface area contributed by atoms with Gasteiger partial charge in [-0.2, -0.15) is 0 Å². The first-order chi connectivity index (χ1) is 7.24. The van der Waals surface area contributed by atoms with Crippen LogP contribution < -0.4 is 0 Å². The molecule has 0 aromatic carbocycles. The van der Waals surface area contributed by atoms with E-state index >= 15 is 0 Å². The Balaban J connectivity index is 4.26. The van der Waals surface area contributed by atoms with Crippen LogP contribution in [0.2, 0.25) is 12.1 Å². The number of rotatable bonds is 10. The zero-order chi connectivity index (χ0) is 11.6. The van der Waals surface area contributed by atoms with Gasteiger partial charge in [0.1, 0.15) is 0 Å². The Bertz CT molecular complexity index is 124. The minimum Gasteiger partial charge on any atom is -0.394 e. The zero-order valence-corrected chi connectivity index (χ0v) is 12.0. The van der Waals surface area contributed by atoms with E-state index in [1.165, 1.54) is 25.3 Å². The van der Waals surface area contributed by atoms with E-state index in [0.717, 1.165) is 25.7 Å². The van der Waals surface area contributed by atoms with Crippen molar-refractivity contribution in [2.45, 2.75) is 65.5 Å². The van der Waals surface area contributed by atoms with Crippen LogP contribution in [0.5, 0.6) is 0 Å². The summed E-state index contributed by atoms with van der Waals surface area (Å²) < 4.78 is 12.1. The molecule has 0 N–H and O–H groups in total. The van der Waals surface area contributed by atoms with Gasteiger partial charge in [-0.1, -0.05) is 40.0 Å². The van der Waals surface area contributed by atoms with Gasteiger partial charge >= 0.3 is 8.56 Å². The van der Waals surface area contributed by atoms with E-state index in [9.17, 15) is 0 Å². The highest BCUT2D eigenvalue weighted by molar-refractivity contribution is 6.67. The van der Waals surface area contributed by atoms with Crippen LogP contribution in [-0.2, 0) is 8.85 Å². The molecule has 0 spiro atoms. The second-order valence-electron chi connectivity index (χ2n) is 4.05. The Morgan fingerprint density at radius 2 is 1.53 bits per heavy atom. The maximum atomic E-state index is 6.08. The molecule has 0 amide bonds. The first-order valence-corrected chi connectivity index (χ1v) is 8.75. The quantitative estimate of drug-likeness (QED) is 0.528. The average Bonchev–Trinajstić information content (AvgIpc) is 2.24. The second-order valence-corrected chi connectivity index (χ2v) is 7.44. The van der Waals surface area contributed by atoms with Gasteiger partial charge in [-0.25, -0.2) is 0 Å². The third kappa shape index (κ3) is 6.33. The highest BCUT2D eigenvalue weighted by Crippen LogP contribution is 2.24. The van der Waals surface area contributed by atoms with Crippen LogP contribution in [0.1, 0.15) is 53.4 Å². The molecule has 0 aliphatic rings. The Hall–Kier alpha value is 0.137. The molecule has 0 saturated carbocycles. The fourth-order valence-corrected chi connectivity index (χ4v) is 5.50. The van der Waals surface area contributed by atoms with Gasteiger partial charge in [-0.3, -0.25) is 0 Å². The summed E-state index contributed by atoms with van der Waals surface area (Å²) in [7, 11) is -1.84. The van der Waals surface area contributed by atoms with Crippen molar-refractivity contribution >= 4 is 8.56 Å². The van der Waals surface area contributed by atoms with Crippen molar-refractivity contribution in [1.82, 2.24) is 0 Å². The Morgan fingerprint density at radius 3 is 2.00 bits per heavy atom. The topological polar surface area (TPSA) is 18.5 Å².